The Morgan fingerprint density at radius 3 is 2.24 bits per heavy atom. The summed E-state index contributed by atoms with van der Waals surface area (Å²) in [5.74, 6) is 1.97. The Hall–Kier alpha value is -4.22. The molecule has 3 N–H and O–H groups in total. The van der Waals surface area contributed by atoms with Crippen molar-refractivity contribution < 1.29 is 14.6 Å². The zero-order valence-corrected chi connectivity index (χ0v) is 22.8. The molecule has 41 heavy (non-hydrogen) atoms. The minimum Gasteiger partial charge on any atom is -0.465 e. The lowest BCUT2D eigenvalue weighted by Crippen LogP contribution is -2.60. The predicted octanol–water partition coefficient (Wildman–Crippen LogP) is 3.94. The van der Waals surface area contributed by atoms with Gasteiger partial charge in [-0.05, 0) is 55.7 Å². The molecule has 2 aromatic carbocycles. The molecule has 4 aromatic rings. The number of nitrogen functional groups attached to an aromatic ring is 1. The number of carbonyl (C=O) groups is 1. The molecule has 11 heteroatoms. The molecule has 3 aliphatic rings. The van der Waals surface area contributed by atoms with Gasteiger partial charge in [0.1, 0.15) is 29.3 Å². The summed E-state index contributed by atoms with van der Waals surface area (Å²) in [6, 6.07) is 18.7. The van der Waals surface area contributed by atoms with Crippen LogP contribution in [0.5, 0.6) is 11.5 Å². The van der Waals surface area contributed by atoms with Crippen molar-refractivity contribution in [2.45, 2.75) is 37.4 Å². The summed E-state index contributed by atoms with van der Waals surface area (Å²) in [6.45, 7) is 5.32. The van der Waals surface area contributed by atoms with Crippen LogP contribution in [0, 0.1) is 0 Å². The van der Waals surface area contributed by atoms with E-state index >= 15 is 0 Å². The number of fused-ring (bicyclic) bond motifs is 1. The molecule has 0 spiro atoms. The van der Waals surface area contributed by atoms with Gasteiger partial charge in [0, 0.05) is 56.9 Å². The van der Waals surface area contributed by atoms with Gasteiger partial charge in [-0.1, -0.05) is 18.2 Å². The molecule has 3 fully saturated rings. The summed E-state index contributed by atoms with van der Waals surface area (Å²) < 4.78 is 8.03. The lowest BCUT2D eigenvalue weighted by molar-refractivity contribution is 0.0422. The fourth-order valence-corrected chi connectivity index (χ4v) is 6.49. The van der Waals surface area contributed by atoms with Gasteiger partial charge in [0.2, 0.25) is 0 Å². The molecular weight excluding hydrogens is 520 g/mol. The number of anilines is 1. The van der Waals surface area contributed by atoms with Gasteiger partial charge >= 0.3 is 6.09 Å². The number of ether oxygens (including phenoxy) is 1. The van der Waals surface area contributed by atoms with Gasteiger partial charge in [0.15, 0.2) is 5.65 Å². The van der Waals surface area contributed by atoms with E-state index in [0.29, 0.717) is 31.0 Å². The molecule has 212 valence electrons. The summed E-state index contributed by atoms with van der Waals surface area (Å²) in [5.41, 5.74) is 8.88. The highest BCUT2D eigenvalue weighted by atomic mass is 16.5. The number of hydrogen-bond acceptors (Lipinski definition) is 8. The van der Waals surface area contributed by atoms with Crippen molar-refractivity contribution in [1.29, 1.82) is 0 Å². The van der Waals surface area contributed by atoms with Crippen LogP contribution in [-0.2, 0) is 0 Å². The SMILES string of the molecule is Nc1ncnc2c1c(-c1ccc(Oc3ccccc3)cc1)nn2C1CCN(C2CCN(C3CN(C(=O)O)C3)C2)CC1. The number of aromatic nitrogens is 4. The number of hydrogen-bond donors (Lipinski definition) is 2. The first-order valence-corrected chi connectivity index (χ1v) is 14.3. The molecule has 7 rings (SSSR count). The first-order valence-electron chi connectivity index (χ1n) is 14.3. The zero-order valence-electron chi connectivity index (χ0n) is 22.8. The minimum absolute atomic E-state index is 0.228. The highest BCUT2D eigenvalue weighted by Crippen LogP contribution is 2.36. The van der Waals surface area contributed by atoms with Crippen molar-refractivity contribution in [2.75, 3.05) is 45.0 Å². The molecule has 11 nitrogen and oxygen atoms in total. The van der Waals surface area contributed by atoms with Crippen molar-refractivity contribution >= 4 is 22.9 Å². The molecule has 1 amide bonds. The van der Waals surface area contributed by atoms with Crippen molar-refractivity contribution in [2.24, 2.45) is 0 Å². The number of piperidine rings is 1. The van der Waals surface area contributed by atoms with Gasteiger partial charge in [0.25, 0.3) is 0 Å². The quantitative estimate of drug-likeness (QED) is 0.364. The van der Waals surface area contributed by atoms with Crippen LogP contribution in [0.15, 0.2) is 60.9 Å². The number of benzene rings is 2. The van der Waals surface area contributed by atoms with Gasteiger partial charge in [-0.2, -0.15) is 5.10 Å². The monoisotopic (exact) mass is 554 g/mol. The second-order valence-electron chi connectivity index (χ2n) is 11.2. The largest absolute Gasteiger partial charge is 0.465 e. The van der Waals surface area contributed by atoms with E-state index < -0.39 is 6.09 Å². The second kappa shape index (κ2) is 10.6. The highest BCUT2D eigenvalue weighted by molar-refractivity contribution is 5.98. The molecule has 2 aromatic heterocycles. The van der Waals surface area contributed by atoms with Crippen LogP contribution in [0.25, 0.3) is 22.3 Å². The molecule has 0 radical (unpaired) electrons. The summed E-state index contributed by atoms with van der Waals surface area (Å²) in [5, 5.41) is 15.0. The van der Waals surface area contributed by atoms with E-state index in [1.807, 2.05) is 54.6 Å². The number of amides is 1. The number of carboxylic acid groups (broad SMARTS) is 1. The average molecular weight is 555 g/mol. The van der Waals surface area contributed by atoms with Crippen LogP contribution in [0.4, 0.5) is 10.6 Å². The normalized spacial score (nSPS) is 20.9. The summed E-state index contributed by atoms with van der Waals surface area (Å²) in [6.07, 6.45) is 3.81. The van der Waals surface area contributed by atoms with E-state index in [9.17, 15) is 4.79 Å². The molecular formula is C30H34N8O3. The third-order valence-electron chi connectivity index (χ3n) is 8.83. The van der Waals surface area contributed by atoms with E-state index in [1.165, 1.54) is 11.2 Å². The maximum absolute atomic E-state index is 11.1. The van der Waals surface area contributed by atoms with Gasteiger partial charge in [0.05, 0.1) is 11.4 Å². The summed E-state index contributed by atoms with van der Waals surface area (Å²) in [4.78, 5) is 26.6. The molecule has 0 aliphatic carbocycles. The summed E-state index contributed by atoms with van der Waals surface area (Å²) in [7, 11) is 0. The van der Waals surface area contributed by atoms with Crippen LogP contribution >= 0.6 is 0 Å². The van der Waals surface area contributed by atoms with E-state index in [2.05, 4.69) is 24.4 Å². The molecule has 5 heterocycles. The topological polar surface area (TPSA) is 126 Å². The lowest BCUT2D eigenvalue weighted by Gasteiger charge is -2.43. The summed E-state index contributed by atoms with van der Waals surface area (Å²) >= 11 is 0. The number of nitrogens with zero attached hydrogens (tertiary/aromatic N) is 7. The number of rotatable bonds is 6. The fourth-order valence-electron chi connectivity index (χ4n) is 6.49. The second-order valence-corrected chi connectivity index (χ2v) is 11.2. The molecule has 3 saturated heterocycles. The van der Waals surface area contributed by atoms with Crippen molar-refractivity contribution in [3.63, 3.8) is 0 Å². The van der Waals surface area contributed by atoms with Gasteiger partial charge in [-0.15, -0.1) is 0 Å². The molecule has 0 saturated carbocycles. The fraction of sp³-hybridized carbons (Fsp3) is 0.400. The third kappa shape index (κ3) is 4.95. The van der Waals surface area contributed by atoms with Gasteiger partial charge < -0.3 is 20.5 Å². The third-order valence-corrected chi connectivity index (χ3v) is 8.83. The first kappa shape index (κ1) is 25.7. The van der Waals surface area contributed by atoms with Crippen LogP contribution in [0.1, 0.15) is 25.3 Å². The number of para-hydroxylation sites is 1. The van der Waals surface area contributed by atoms with Crippen LogP contribution in [0.3, 0.4) is 0 Å². The van der Waals surface area contributed by atoms with Crippen LogP contribution < -0.4 is 10.5 Å². The molecule has 1 atom stereocenters. The molecule has 1 unspecified atom stereocenters. The average Bonchev–Trinajstić information content (AvgIpc) is 3.60. The number of likely N-dealkylation sites (tertiary alicyclic amines) is 3. The Morgan fingerprint density at radius 1 is 0.829 bits per heavy atom. The Bertz CT molecular complexity index is 1530. The molecule has 3 aliphatic heterocycles. The molecule has 0 bridgehead atoms. The Balaban J connectivity index is 1.04. The van der Waals surface area contributed by atoms with Crippen molar-refractivity contribution in [1.82, 2.24) is 34.4 Å². The van der Waals surface area contributed by atoms with Crippen LogP contribution in [-0.4, -0.2) is 97.0 Å². The predicted molar refractivity (Wildman–Crippen MR) is 155 cm³/mol. The lowest BCUT2D eigenvalue weighted by atomic mass is 10.0. The van der Waals surface area contributed by atoms with Crippen molar-refractivity contribution in [3.05, 3.63) is 60.9 Å². The van der Waals surface area contributed by atoms with Crippen LogP contribution in [0.2, 0.25) is 0 Å². The van der Waals surface area contributed by atoms with E-state index in [4.69, 9.17) is 20.7 Å². The van der Waals surface area contributed by atoms with E-state index in [0.717, 1.165) is 79.2 Å². The maximum Gasteiger partial charge on any atom is 0.407 e. The first-order chi connectivity index (χ1) is 20.0. The zero-order chi connectivity index (χ0) is 27.9. The smallest absolute Gasteiger partial charge is 0.407 e. The van der Waals surface area contributed by atoms with Gasteiger partial charge in [-0.25, -0.2) is 19.4 Å². The Morgan fingerprint density at radius 2 is 1.51 bits per heavy atom. The Labute approximate surface area is 238 Å². The number of nitrogens with two attached hydrogens (primary N) is 1. The minimum atomic E-state index is -0.811. The van der Waals surface area contributed by atoms with Gasteiger partial charge in [-0.3, -0.25) is 9.80 Å². The van der Waals surface area contributed by atoms with Crippen molar-refractivity contribution in [3.8, 4) is 22.8 Å². The highest BCUT2D eigenvalue weighted by Gasteiger charge is 2.40. The standard InChI is InChI=1S/C30H34N8O3/c31-28-26-27(20-6-8-25(9-7-20)41-24-4-2-1-3-5-24)34-38(29(26)33-19-32-28)21-10-13-35(14-11-21)22-12-15-36(16-22)23-17-37(18-23)30(39)40/h1-9,19,21-23H,10-18H2,(H,39,40)(H2,31,32,33). The Kier molecular flexibility index (Phi) is 6.68. The van der Waals surface area contributed by atoms with E-state index in [1.54, 1.807) is 0 Å². The maximum atomic E-state index is 11.1. The van der Waals surface area contributed by atoms with E-state index in [-0.39, 0.29) is 6.04 Å².